The summed E-state index contributed by atoms with van der Waals surface area (Å²) in [7, 11) is 0. The Kier molecular flexibility index (Phi) is 12.7. The number of anilines is 1. The molecule has 3 nitrogen and oxygen atoms in total. The zero-order valence-corrected chi connectivity index (χ0v) is 23.2. The molecule has 0 spiro atoms. The zero-order chi connectivity index (χ0) is 21.7. The standard InChI is InChI=1S/C14H21N2O.3C4H9.Sn/c1-2-3-4-5-8-13-10-12-17-16(13)14-9-6-7-11-15-14;3*1-3-4-2;/h6-7,9-11,13H,2-5,8,12H2,1H3;3*1,3-4H2,2H3;/t13-;;;;/m1..../s1. The topological polar surface area (TPSA) is 25.4 Å². The van der Waals surface area contributed by atoms with E-state index in [1.54, 1.807) is 13.3 Å². The Morgan fingerprint density at radius 1 is 0.867 bits per heavy atom. The molecule has 172 valence electrons. The van der Waals surface area contributed by atoms with Crippen LogP contribution in [0.5, 0.6) is 0 Å². The number of pyridine rings is 1. The summed E-state index contributed by atoms with van der Waals surface area (Å²) in [5, 5.41) is 2.26. The average Bonchev–Trinajstić information content (AvgIpc) is 3.21. The van der Waals surface area contributed by atoms with Crippen molar-refractivity contribution < 1.29 is 4.84 Å². The van der Waals surface area contributed by atoms with E-state index in [1.165, 1.54) is 70.6 Å². The molecule has 30 heavy (non-hydrogen) atoms. The normalized spacial score (nSPS) is 19.5. The van der Waals surface area contributed by atoms with Crippen molar-refractivity contribution in [1.29, 1.82) is 0 Å². The van der Waals surface area contributed by atoms with Crippen LogP contribution in [-0.2, 0) is 4.84 Å². The van der Waals surface area contributed by atoms with Gasteiger partial charge in [0, 0.05) is 0 Å². The first-order chi connectivity index (χ1) is 14.7. The predicted molar refractivity (Wildman–Crippen MR) is 134 cm³/mol. The van der Waals surface area contributed by atoms with Crippen LogP contribution in [0.2, 0.25) is 17.2 Å². The van der Waals surface area contributed by atoms with Crippen molar-refractivity contribution in [2.24, 2.45) is 0 Å². The Morgan fingerprint density at radius 3 is 2.03 bits per heavy atom. The van der Waals surface area contributed by atoms with Crippen LogP contribution >= 0.6 is 0 Å². The Labute approximate surface area is 191 Å². The first kappa shape index (κ1) is 26.0. The van der Waals surface area contributed by atoms with E-state index in [-0.39, 0.29) is 0 Å². The number of rotatable bonds is 16. The summed E-state index contributed by atoms with van der Waals surface area (Å²) >= 11 is -2.37. The van der Waals surface area contributed by atoms with Crippen LogP contribution in [0.15, 0.2) is 24.4 Å². The molecule has 0 saturated carbocycles. The molecule has 1 aliphatic rings. The maximum atomic E-state index is 6.49. The number of hydroxylamine groups is 1. The van der Waals surface area contributed by atoms with Gasteiger partial charge < -0.3 is 0 Å². The molecule has 2 rings (SSSR count). The molecule has 1 fully saturated rings. The van der Waals surface area contributed by atoms with Crippen LogP contribution in [0.25, 0.3) is 0 Å². The van der Waals surface area contributed by atoms with Gasteiger partial charge >= 0.3 is 192 Å². The Morgan fingerprint density at radius 2 is 1.50 bits per heavy atom. The van der Waals surface area contributed by atoms with Crippen LogP contribution in [0, 0.1) is 0 Å². The molecular formula is C26H48N2OSn. The molecule has 0 radical (unpaired) electrons. The maximum absolute atomic E-state index is 6.49. The van der Waals surface area contributed by atoms with Crippen molar-refractivity contribution in [1.82, 2.24) is 4.98 Å². The Hall–Kier alpha value is -0.291. The number of nitrogens with zero attached hydrogens (tertiary/aromatic N) is 2. The molecule has 0 bridgehead atoms. The van der Waals surface area contributed by atoms with E-state index in [9.17, 15) is 0 Å². The summed E-state index contributed by atoms with van der Waals surface area (Å²) < 4.78 is 5.54. The van der Waals surface area contributed by atoms with Gasteiger partial charge in [0.15, 0.2) is 0 Å². The van der Waals surface area contributed by atoms with Gasteiger partial charge in [-0.1, -0.05) is 0 Å². The van der Waals surface area contributed by atoms with Gasteiger partial charge in [-0.25, -0.2) is 0 Å². The summed E-state index contributed by atoms with van der Waals surface area (Å²) in [6.07, 6.45) is 16.9. The molecule has 0 amide bonds. The summed E-state index contributed by atoms with van der Waals surface area (Å²) in [4.78, 5) is 11.2. The van der Waals surface area contributed by atoms with Crippen LogP contribution in [0.1, 0.15) is 98.3 Å². The molecular weight excluding hydrogens is 475 g/mol. The fraction of sp³-hybridized carbons (Fsp3) is 0.808. The van der Waals surface area contributed by atoms with E-state index in [2.05, 4.69) is 49.9 Å². The van der Waals surface area contributed by atoms with Crippen molar-refractivity contribution in [3.8, 4) is 0 Å². The second-order valence-electron chi connectivity index (χ2n) is 9.51. The molecule has 0 aromatic carbocycles. The minimum absolute atomic E-state index is 0.554. The zero-order valence-electron chi connectivity index (χ0n) is 20.4. The van der Waals surface area contributed by atoms with E-state index in [4.69, 9.17) is 4.84 Å². The molecule has 0 unspecified atom stereocenters. The first-order valence-corrected chi connectivity index (χ1v) is 20.8. The molecule has 2 heterocycles. The van der Waals surface area contributed by atoms with E-state index in [0.717, 1.165) is 16.4 Å². The van der Waals surface area contributed by atoms with Crippen molar-refractivity contribution >= 4 is 24.2 Å². The minimum atomic E-state index is -2.37. The summed E-state index contributed by atoms with van der Waals surface area (Å²) in [6.45, 7) is 10.4. The van der Waals surface area contributed by atoms with Crippen molar-refractivity contribution in [2.45, 2.75) is 122 Å². The van der Waals surface area contributed by atoms with Crippen LogP contribution in [0.3, 0.4) is 0 Å². The van der Waals surface area contributed by atoms with Crippen LogP contribution in [-0.4, -0.2) is 36.0 Å². The fourth-order valence-electron chi connectivity index (χ4n) is 5.45. The molecule has 0 aliphatic carbocycles. The molecule has 0 N–H and O–H groups in total. The van der Waals surface area contributed by atoms with E-state index in [1.807, 2.05) is 12.3 Å². The number of hydrogen-bond acceptors (Lipinski definition) is 3. The van der Waals surface area contributed by atoms with Crippen LogP contribution < -0.4 is 5.06 Å². The molecule has 1 saturated heterocycles. The fourth-order valence-corrected chi connectivity index (χ4v) is 24.2. The monoisotopic (exact) mass is 524 g/mol. The summed E-state index contributed by atoms with van der Waals surface area (Å²) in [6, 6.07) is 6.82. The molecule has 1 aromatic heterocycles. The van der Waals surface area contributed by atoms with Gasteiger partial charge in [-0.3, -0.25) is 0 Å². The Balaban J connectivity index is 2.30. The second kappa shape index (κ2) is 14.7. The third-order valence-electron chi connectivity index (χ3n) is 7.26. The number of hydrogen-bond donors (Lipinski definition) is 0. The third-order valence-corrected chi connectivity index (χ3v) is 24.9. The quantitative estimate of drug-likeness (QED) is 0.161. The molecule has 2 atom stereocenters. The third kappa shape index (κ3) is 7.39. The SMILES string of the molecule is CCCCCC[C@@H]1[C@H]([Sn]([CH2]CCC)([CH2]CCC)[CH2]CCC)CON1c1ccccn1. The number of aromatic nitrogens is 1. The van der Waals surface area contributed by atoms with Gasteiger partial charge in [-0.05, 0) is 0 Å². The van der Waals surface area contributed by atoms with Gasteiger partial charge in [0.1, 0.15) is 0 Å². The first-order valence-electron chi connectivity index (χ1n) is 13.1. The van der Waals surface area contributed by atoms with E-state index < -0.39 is 18.4 Å². The van der Waals surface area contributed by atoms with Crippen molar-refractivity contribution in [3.05, 3.63) is 24.4 Å². The van der Waals surface area contributed by atoms with Gasteiger partial charge in [-0.2, -0.15) is 0 Å². The second-order valence-corrected chi connectivity index (χ2v) is 23.7. The van der Waals surface area contributed by atoms with Crippen molar-refractivity contribution in [3.63, 3.8) is 0 Å². The van der Waals surface area contributed by atoms with Gasteiger partial charge in [0.05, 0.1) is 0 Å². The predicted octanol–water partition coefficient (Wildman–Crippen LogP) is 8.39. The molecule has 1 aromatic rings. The van der Waals surface area contributed by atoms with Gasteiger partial charge in [0.2, 0.25) is 0 Å². The summed E-state index contributed by atoms with van der Waals surface area (Å²) in [5.74, 6) is 1.03. The van der Waals surface area contributed by atoms with E-state index in [0.29, 0.717) is 6.04 Å². The van der Waals surface area contributed by atoms with Gasteiger partial charge in [0.25, 0.3) is 0 Å². The van der Waals surface area contributed by atoms with Crippen molar-refractivity contribution in [2.75, 3.05) is 11.7 Å². The van der Waals surface area contributed by atoms with Gasteiger partial charge in [-0.15, -0.1) is 0 Å². The molecule has 4 heteroatoms. The summed E-state index contributed by atoms with van der Waals surface area (Å²) in [5.41, 5.74) is 0. The Bertz CT molecular complexity index is 531. The average molecular weight is 523 g/mol. The number of unbranched alkanes of at least 4 members (excludes halogenated alkanes) is 6. The van der Waals surface area contributed by atoms with Crippen LogP contribution in [0.4, 0.5) is 5.82 Å². The molecule has 1 aliphatic heterocycles. The van der Waals surface area contributed by atoms with E-state index >= 15 is 0 Å².